The van der Waals surface area contributed by atoms with Gasteiger partial charge in [0, 0.05) is 18.5 Å². The maximum absolute atomic E-state index is 12.8. The zero-order chi connectivity index (χ0) is 18.0. The van der Waals surface area contributed by atoms with Crippen LogP contribution in [-0.2, 0) is 11.2 Å². The molecule has 138 valence electrons. The predicted octanol–water partition coefficient (Wildman–Crippen LogP) is 1.61. The number of nitrogens with zero attached hydrogens (tertiary/aromatic N) is 5. The van der Waals surface area contributed by atoms with Gasteiger partial charge in [-0.05, 0) is 53.3 Å². The van der Waals surface area contributed by atoms with Gasteiger partial charge in [-0.15, -0.1) is 5.10 Å². The van der Waals surface area contributed by atoms with Crippen molar-refractivity contribution < 1.29 is 9.90 Å². The van der Waals surface area contributed by atoms with E-state index in [-0.39, 0.29) is 17.9 Å². The summed E-state index contributed by atoms with van der Waals surface area (Å²) >= 11 is 0. The molecule has 1 aliphatic heterocycles. The van der Waals surface area contributed by atoms with Crippen molar-refractivity contribution in [3.05, 3.63) is 36.2 Å². The van der Waals surface area contributed by atoms with Crippen molar-refractivity contribution in [3.63, 3.8) is 0 Å². The number of likely N-dealkylation sites (tertiary alicyclic amines) is 1. The zero-order valence-corrected chi connectivity index (χ0v) is 14.9. The first-order chi connectivity index (χ1) is 12.7. The van der Waals surface area contributed by atoms with Crippen LogP contribution in [0.4, 0.5) is 0 Å². The second-order valence-electron chi connectivity index (χ2n) is 7.82. The van der Waals surface area contributed by atoms with Gasteiger partial charge in [-0.3, -0.25) is 4.79 Å². The average molecular weight is 355 g/mol. The minimum Gasteiger partial charge on any atom is -0.396 e. The number of tetrazole rings is 1. The maximum Gasteiger partial charge on any atom is 0.227 e. The number of carbonyl (C=O) groups excluding carboxylic acids is 1. The van der Waals surface area contributed by atoms with Gasteiger partial charge in [-0.25, -0.2) is 4.68 Å². The van der Waals surface area contributed by atoms with Gasteiger partial charge in [-0.2, -0.15) is 0 Å². The molecule has 1 atom stereocenters. The Labute approximate surface area is 153 Å². The Hall–Kier alpha value is -2.28. The van der Waals surface area contributed by atoms with E-state index < -0.39 is 0 Å². The van der Waals surface area contributed by atoms with Crippen molar-refractivity contribution in [2.75, 3.05) is 19.7 Å². The van der Waals surface area contributed by atoms with Crippen LogP contribution < -0.4 is 0 Å². The summed E-state index contributed by atoms with van der Waals surface area (Å²) < 4.78 is 1.59. The molecular formula is C19H25N5O2. The Kier molecular flexibility index (Phi) is 4.72. The highest BCUT2D eigenvalue weighted by molar-refractivity contribution is 5.79. The topological polar surface area (TPSA) is 84.1 Å². The summed E-state index contributed by atoms with van der Waals surface area (Å²) in [5.41, 5.74) is 1.76. The molecule has 2 aliphatic rings. The van der Waals surface area contributed by atoms with Gasteiger partial charge in [0.2, 0.25) is 5.91 Å². The Bertz CT molecular complexity index is 742. The van der Waals surface area contributed by atoms with Crippen LogP contribution in [0, 0.1) is 11.3 Å². The first-order valence-corrected chi connectivity index (χ1v) is 9.38. The van der Waals surface area contributed by atoms with Crippen LogP contribution in [0.5, 0.6) is 0 Å². The van der Waals surface area contributed by atoms with Crippen molar-refractivity contribution >= 4 is 5.91 Å². The van der Waals surface area contributed by atoms with Gasteiger partial charge in [0.05, 0.1) is 18.7 Å². The fourth-order valence-electron chi connectivity index (χ4n) is 4.05. The van der Waals surface area contributed by atoms with Crippen molar-refractivity contribution in [3.8, 4) is 5.69 Å². The minimum absolute atomic E-state index is 0.0843. The van der Waals surface area contributed by atoms with Crippen molar-refractivity contribution in [1.29, 1.82) is 0 Å². The summed E-state index contributed by atoms with van der Waals surface area (Å²) in [4.78, 5) is 14.7. The van der Waals surface area contributed by atoms with Crippen LogP contribution in [-0.4, -0.2) is 55.8 Å². The van der Waals surface area contributed by atoms with Gasteiger partial charge in [-0.1, -0.05) is 25.0 Å². The van der Waals surface area contributed by atoms with E-state index in [0.29, 0.717) is 13.0 Å². The highest BCUT2D eigenvalue weighted by Crippen LogP contribution is 2.44. The van der Waals surface area contributed by atoms with E-state index in [4.69, 9.17) is 0 Å². The van der Waals surface area contributed by atoms with Crippen LogP contribution >= 0.6 is 0 Å². The van der Waals surface area contributed by atoms with E-state index >= 15 is 0 Å². The molecule has 2 aromatic rings. The molecule has 1 amide bonds. The molecule has 2 heterocycles. The molecule has 1 saturated heterocycles. The van der Waals surface area contributed by atoms with Crippen molar-refractivity contribution in [2.45, 2.75) is 38.5 Å². The van der Waals surface area contributed by atoms with Gasteiger partial charge in [0.25, 0.3) is 0 Å². The van der Waals surface area contributed by atoms with E-state index in [1.54, 1.807) is 11.0 Å². The molecule has 1 saturated carbocycles. The first-order valence-electron chi connectivity index (χ1n) is 9.38. The Morgan fingerprint density at radius 3 is 2.73 bits per heavy atom. The SMILES string of the molecule is O=C(Cc1ccc(-n2cnnn2)cc1)N1CCC[C@@](CO)(CC2CC2)C1. The Morgan fingerprint density at radius 1 is 1.27 bits per heavy atom. The van der Waals surface area contributed by atoms with E-state index in [2.05, 4.69) is 15.5 Å². The van der Waals surface area contributed by atoms with Crippen LogP contribution in [0.25, 0.3) is 5.69 Å². The van der Waals surface area contributed by atoms with E-state index in [1.807, 2.05) is 29.2 Å². The molecule has 0 spiro atoms. The highest BCUT2D eigenvalue weighted by Gasteiger charge is 2.40. The van der Waals surface area contributed by atoms with Gasteiger partial charge >= 0.3 is 0 Å². The smallest absolute Gasteiger partial charge is 0.227 e. The van der Waals surface area contributed by atoms with E-state index in [0.717, 1.165) is 43.0 Å². The van der Waals surface area contributed by atoms with Crippen LogP contribution in [0.3, 0.4) is 0 Å². The number of piperidine rings is 1. The fraction of sp³-hybridized carbons (Fsp3) is 0.579. The van der Waals surface area contributed by atoms with Crippen LogP contribution in [0.1, 0.15) is 37.7 Å². The third kappa shape index (κ3) is 3.77. The average Bonchev–Trinajstić information content (AvgIpc) is 3.30. The van der Waals surface area contributed by atoms with Gasteiger partial charge in [0.15, 0.2) is 0 Å². The fourth-order valence-corrected chi connectivity index (χ4v) is 4.05. The normalized spacial score (nSPS) is 23.2. The second-order valence-corrected chi connectivity index (χ2v) is 7.82. The summed E-state index contributed by atoms with van der Waals surface area (Å²) in [7, 11) is 0. The molecule has 0 radical (unpaired) electrons. The maximum atomic E-state index is 12.8. The molecule has 7 nitrogen and oxygen atoms in total. The molecule has 26 heavy (non-hydrogen) atoms. The number of aliphatic hydroxyl groups is 1. The first kappa shape index (κ1) is 17.1. The molecule has 1 aromatic carbocycles. The number of carbonyl (C=O) groups is 1. The molecule has 0 bridgehead atoms. The number of aromatic nitrogens is 4. The van der Waals surface area contributed by atoms with E-state index in [1.165, 1.54) is 12.8 Å². The van der Waals surface area contributed by atoms with Crippen molar-refractivity contribution in [1.82, 2.24) is 25.1 Å². The van der Waals surface area contributed by atoms with Crippen LogP contribution in [0.2, 0.25) is 0 Å². The largest absolute Gasteiger partial charge is 0.396 e. The number of benzene rings is 1. The summed E-state index contributed by atoms with van der Waals surface area (Å²) in [6.45, 7) is 1.68. The number of hydrogen-bond acceptors (Lipinski definition) is 5. The second kappa shape index (κ2) is 7.15. The number of amides is 1. The molecule has 4 rings (SSSR count). The van der Waals surface area contributed by atoms with Crippen LogP contribution in [0.15, 0.2) is 30.6 Å². The lowest BCUT2D eigenvalue weighted by Gasteiger charge is -2.42. The predicted molar refractivity (Wildman–Crippen MR) is 95.5 cm³/mol. The molecule has 7 heteroatoms. The minimum atomic E-state index is -0.0843. The summed E-state index contributed by atoms with van der Waals surface area (Å²) in [6, 6.07) is 7.73. The lowest BCUT2D eigenvalue weighted by Crippen LogP contribution is -2.48. The quantitative estimate of drug-likeness (QED) is 0.851. The molecule has 0 unspecified atom stereocenters. The number of hydrogen-bond donors (Lipinski definition) is 1. The third-order valence-electron chi connectivity index (χ3n) is 5.67. The molecule has 1 aliphatic carbocycles. The highest BCUT2D eigenvalue weighted by atomic mass is 16.3. The molecule has 1 N–H and O–H groups in total. The Morgan fingerprint density at radius 2 is 2.08 bits per heavy atom. The third-order valence-corrected chi connectivity index (χ3v) is 5.67. The summed E-state index contributed by atoms with van der Waals surface area (Å²) in [6.07, 6.45) is 7.57. The number of rotatable bonds is 6. The summed E-state index contributed by atoms with van der Waals surface area (Å²) in [5.74, 6) is 0.907. The lowest BCUT2D eigenvalue weighted by molar-refractivity contribution is -0.135. The molecule has 1 aromatic heterocycles. The van der Waals surface area contributed by atoms with E-state index in [9.17, 15) is 9.90 Å². The van der Waals surface area contributed by atoms with Gasteiger partial charge < -0.3 is 10.0 Å². The molecular weight excluding hydrogens is 330 g/mol. The monoisotopic (exact) mass is 355 g/mol. The lowest BCUT2D eigenvalue weighted by atomic mass is 9.76. The standard InChI is InChI=1S/C19H25N5O2/c25-13-19(11-16-2-3-16)8-1-9-23(12-19)18(26)10-15-4-6-17(7-5-15)24-14-20-21-22-24/h4-7,14,16,25H,1-3,8-13H2/t19-/m1/s1. The van der Waals surface area contributed by atoms with Gasteiger partial charge in [0.1, 0.15) is 6.33 Å². The Balaban J connectivity index is 1.39. The zero-order valence-electron chi connectivity index (χ0n) is 14.9. The number of aliphatic hydroxyl groups excluding tert-OH is 1. The van der Waals surface area contributed by atoms with Crippen molar-refractivity contribution in [2.24, 2.45) is 11.3 Å². The summed E-state index contributed by atoms with van der Waals surface area (Å²) in [5, 5.41) is 21.1. The molecule has 2 fully saturated rings.